The van der Waals surface area contributed by atoms with Crippen molar-refractivity contribution in [1.82, 2.24) is 0 Å². The van der Waals surface area contributed by atoms with Gasteiger partial charge in [-0.25, -0.2) is 0 Å². The normalized spacial score (nSPS) is 30.0. The monoisotopic (exact) mass is 330 g/mol. The summed E-state index contributed by atoms with van der Waals surface area (Å²) in [7, 11) is 1.67. The van der Waals surface area contributed by atoms with Crippen LogP contribution in [0.2, 0.25) is 0 Å². The Kier molecular flexibility index (Phi) is 3.34. The van der Waals surface area contributed by atoms with Crippen molar-refractivity contribution < 1.29 is 9.53 Å². The number of fused-ring (bicyclic) bond motifs is 5. The van der Waals surface area contributed by atoms with Crippen LogP contribution in [0.5, 0.6) is 5.75 Å². The Morgan fingerprint density at radius 1 is 0.840 bits per heavy atom. The van der Waals surface area contributed by atoms with E-state index in [0.29, 0.717) is 23.5 Å². The van der Waals surface area contributed by atoms with Crippen LogP contribution in [0.15, 0.2) is 54.6 Å². The summed E-state index contributed by atoms with van der Waals surface area (Å²) in [5.41, 5.74) is 4.52. The Labute approximate surface area is 148 Å². The van der Waals surface area contributed by atoms with Crippen LogP contribution < -0.4 is 4.74 Å². The third kappa shape index (κ3) is 2.13. The highest BCUT2D eigenvalue weighted by Gasteiger charge is 2.56. The molecule has 4 atom stereocenters. The first-order chi connectivity index (χ1) is 12.3. The van der Waals surface area contributed by atoms with Crippen molar-refractivity contribution in [3.05, 3.63) is 65.7 Å². The number of allylic oxidation sites excluding steroid dienone is 2. The lowest BCUT2D eigenvalue weighted by molar-refractivity contribution is -0.118. The molecule has 2 unspecified atom stereocenters. The van der Waals surface area contributed by atoms with Gasteiger partial charge in [-0.1, -0.05) is 42.5 Å². The summed E-state index contributed by atoms with van der Waals surface area (Å²) < 4.78 is 5.29. The fourth-order valence-electron chi connectivity index (χ4n) is 5.56. The quantitative estimate of drug-likeness (QED) is 0.804. The molecule has 5 rings (SSSR count). The molecule has 2 aromatic rings. The molecule has 2 fully saturated rings. The molecule has 2 saturated carbocycles. The fraction of sp³-hybridized carbons (Fsp3) is 0.348. The Morgan fingerprint density at radius 2 is 1.52 bits per heavy atom. The number of hydrogen-bond acceptors (Lipinski definition) is 2. The van der Waals surface area contributed by atoms with E-state index in [-0.39, 0.29) is 5.92 Å². The van der Waals surface area contributed by atoms with Crippen molar-refractivity contribution in [3.8, 4) is 5.75 Å². The van der Waals surface area contributed by atoms with Crippen LogP contribution in [0.4, 0.5) is 0 Å². The summed E-state index contributed by atoms with van der Waals surface area (Å²) in [5, 5.41) is 0. The minimum Gasteiger partial charge on any atom is -0.497 e. The van der Waals surface area contributed by atoms with Gasteiger partial charge in [0.05, 0.1) is 7.11 Å². The number of ketones is 1. The molecule has 0 amide bonds. The van der Waals surface area contributed by atoms with Gasteiger partial charge in [-0.3, -0.25) is 4.79 Å². The second-order valence-electron chi connectivity index (χ2n) is 7.63. The van der Waals surface area contributed by atoms with Crippen molar-refractivity contribution in [3.63, 3.8) is 0 Å². The molecule has 2 nitrogen and oxygen atoms in total. The van der Waals surface area contributed by atoms with Gasteiger partial charge in [0.2, 0.25) is 0 Å². The predicted octanol–water partition coefficient (Wildman–Crippen LogP) is 4.85. The third-order valence-electron chi connectivity index (χ3n) is 6.53. The van der Waals surface area contributed by atoms with E-state index in [2.05, 4.69) is 24.3 Å². The van der Waals surface area contributed by atoms with Crippen LogP contribution in [-0.4, -0.2) is 12.9 Å². The Balaban J connectivity index is 1.70. The average molecular weight is 330 g/mol. The van der Waals surface area contributed by atoms with E-state index in [9.17, 15) is 4.79 Å². The number of ether oxygens (including phenoxy) is 1. The maximum atomic E-state index is 13.4. The summed E-state index contributed by atoms with van der Waals surface area (Å²) in [6.45, 7) is 0. The van der Waals surface area contributed by atoms with E-state index in [1.807, 2.05) is 30.3 Å². The van der Waals surface area contributed by atoms with Crippen LogP contribution >= 0.6 is 0 Å². The topological polar surface area (TPSA) is 26.3 Å². The smallest absolute Gasteiger partial charge is 0.167 e. The zero-order chi connectivity index (χ0) is 17.0. The predicted molar refractivity (Wildman–Crippen MR) is 99.1 cm³/mol. The largest absolute Gasteiger partial charge is 0.497 e. The van der Waals surface area contributed by atoms with Gasteiger partial charge in [0.25, 0.3) is 0 Å². The maximum Gasteiger partial charge on any atom is 0.167 e. The summed E-state index contributed by atoms with van der Waals surface area (Å²) >= 11 is 0. The first-order valence-electron chi connectivity index (χ1n) is 9.26. The van der Waals surface area contributed by atoms with Crippen molar-refractivity contribution >= 4 is 16.9 Å². The molecular formula is C23H22O2. The van der Waals surface area contributed by atoms with E-state index in [4.69, 9.17) is 4.74 Å². The van der Waals surface area contributed by atoms with E-state index in [0.717, 1.165) is 16.9 Å². The molecule has 2 bridgehead atoms. The molecule has 126 valence electrons. The van der Waals surface area contributed by atoms with Gasteiger partial charge in [-0.2, -0.15) is 0 Å². The molecule has 0 heterocycles. The molecule has 0 saturated heterocycles. The molecule has 3 aliphatic carbocycles. The van der Waals surface area contributed by atoms with Crippen LogP contribution in [0.3, 0.4) is 0 Å². The van der Waals surface area contributed by atoms with Crippen LogP contribution in [0.25, 0.3) is 11.1 Å². The minimum absolute atomic E-state index is 0.214. The van der Waals surface area contributed by atoms with E-state index >= 15 is 0 Å². The highest BCUT2D eigenvalue weighted by atomic mass is 16.5. The molecule has 3 aliphatic rings. The van der Waals surface area contributed by atoms with E-state index in [1.165, 1.54) is 30.4 Å². The molecule has 0 N–H and O–H groups in total. The van der Waals surface area contributed by atoms with Crippen LogP contribution in [0, 0.1) is 23.7 Å². The van der Waals surface area contributed by atoms with E-state index < -0.39 is 0 Å². The van der Waals surface area contributed by atoms with Gasteiger partial charge in [-0.15, -0.1) is 0 Å². The van der Waals surface area contributed by atoms with Gasteiger partial charge in [0, 0.05) is 11.5 Å². The van der Waals surface area contributed by atoms with Crippen molar-refractivity contribution in [2.75, 3.05) is 7.11 Å². The Morgan fingerprint density at radius 3 is 2.20 bits per heavy atom. The van der Waals surface area contributed by atoms with Gasteiger partial charge >= 0.3 is 0 Å². The Hall–Kier alpha value is -2.35. The van der Waals surface area contributed by atoms with Crippen LogP contribution in [0.1, 0.15) is 30.4 Å². The average Bonchev–Trinajstić information content (AvgIpc) is 3.35. The fourth-order valence-corrected chi connectivity index (χ4v) is 5.56. The number of carbonyl (C=O) groups excluding carboxylic acids is 1. The molecule has 0 aromatic heterocycles. The molecule has 25 heavy (non-hydrogen) atoms. The lowest BCUT2D eigenvalue weighted by Crippen LogP contribution is -2.24. The number of hydrogen-bond donors (Lipinski definition) is 0. The Bertz CT molecular complexity index is 847. The summed E-state index contributed by atoms with van der Waals surface area (Å²) in [6.07, 6.45) is 3.76. The van der Waals surface area contributed by atoms with E-state index in [1.54, 1.807) is 7.11 Å². The number of benzene rings is 2. The number of Topliss-reactive ketones (excluding diaryl/α,β-unsaturated/α-hetero) is 1. The molecule has 0 spiro atoms. The zero-order valence-electron chi connectivity index (χ0n) is 14.4. The summed E-state index contributed by atoms with van der Waals surface area (Å²) in [4.78, 5) is 13.4. The highest BCUT2D eigenvalue weighted by Crippen LogP contribution is 2.62. The first-order valence-corrected chi connectivity index (χ1v) is 9.26. The standard InChI is InChI=1S/C23H22O2/c1-25-18-11-9-15(10-12-18)21-19(14-5-3-2-4-6-14)20-16-7-8-17(13-16)22(20)23(21)24/h2-6,9-12,16-17,20,22H,7-8,13H2,1H3/t16-,17+,20?,22?/m1/s1. The third-order valence-corrected chi connectivity index (χ3v) is 6.53. The lowest BCUT2D eigenvalue weighted by atomic mass is 9.77. The molecule has 0 radical (unpaired) electrons. The second kappa shape index (κ2) is 5.59. The zero-order valence-corrected chi connectivity index (χ0v) is 14.4. The van der Waals surface area contributed by atoms with Crippen molar-refractivity contribution in [2.24, 2.45) is 23.7 Å². The molecule has 2 heteroatoms. The number of rotatable bonds is 3. The number of carbonyl (C=O) groups is 1. The van der Waals surface area contributed by atoms with Crippen LogP contribution in [-0.2, 0) is 4.79 Å². The van der Waals surface area contributed by atoms with Gasteiger partial charge in [0.1, 0.15) is 5.75 Å². The SMILES string of the molecule is COc1ccc(C2=C(c3ccccc3)C3C(C2=O)[C@H]2CC[C@@H]3C2)cc1. The molecule has 2 aromatic carbocycles. The van der Waals surface area contributed by atoms with Crippen molar-refractivity contribution in [1.29, 1.82) is 0 Å². The summed E-state index contributed by atoms with van der Waals surface area (Å²) in [5.74, 6) is 3.12. The maximum absolute atomic E-state index is 13.4. The molecule has 0 aliphatic heterocycles. The van der Waals surface area contributed by atoms with Gasteiger partial charge < -0.3 is 4.74 Å². The number of methoxy groups -OCH3 is 1. The van der Waals surface area contributed by atoms with Crippen molar-refractivity contribution in [2.45, 2.75) is 19.3 Å². The molecular weight excluding hydrogens is 308 g/mol. The summed E-state index contributed by atoms with van der Waals surface area (Å²) in [6, 6.07) is 18.5. The highest BCUT2D eigenvalue weighted by molar-refractivity contribution is 6.32. The second-order valence-corrected chi connectivity index (χ2v) is 7.63. The van der Waals surface area contributed by atoms with Gasteiger partial charge in [0.15, 0.2) is 5.78 Å². The lowest BCUT2D eigenvalue weighted by Gasteiger charge is -2.26. The minimum atomic E-state index is 0.214. The van der Waals surface area contributed by atoms with Gasteiger partial charge in [-0.05, 0) is 65.8 Å². The first kappa shape index (κ1) is 14.9.